The molecule has 0 N–H and O–H groups in total. The lowest BCUT2D eigenvalue weighted by Gasteiger charge is -2.50. The molecule has 1 atom stereocenters. The van der Waals surface area contributed by atoms with Gasteiger partial charge in [0.1, 0.15) is 11.5 Å². The lowest BCUT2D eigenvalue weighted by molar-refractivity contribution is 0.485. The van der Waals surface area contributed by atoms with Gasteiger partial charge in [0.2, 0.25) is 0 Å². The predicted molar refractivity (Wildman–Crippen MR) is 323 cm³/mol. The second kappa shape index (κ2) is 15.5. The van der Waals surface area contributed by atoms with Crippen LogP contribution in [0.1, 0.15) is 129 Å². The molecule has 15 rings (SSSR count). The van der Waals surface area contributed by atoms with Crippen LogP contribution in [0.25, 0.3) is 60.9 Å². The third kappa shape index (κ3) is 6.68. The second-order valence-electron chi connectivity index (χ2n) is 26.8. The van der Waals surface area contributed by atoms with Crippen molar-refractivity contribution >= 4 is 62.0 Å². The number of aromatic nitrogens is 1. The summed E-state index contributed by atoms with van der Waals surface area (Å²) in [6.45, 7) is 30.4. The summed E-state index contributed by atoms with van der Waals surface area (Å²) in [5.41, 5.74) is 26.5. The van der Waals surface area contributed by atoms with Crippen LogP contribution >= 0.6 is 0 Å². The van der Waals surface area contributed by atoms with Gasteiger partial charge in [-0.1, -0.05) is 204 Å². The lowest BCUT2D eigenvalue weighted by atomic mass is 9.33. The van der Waals surface area contributed by atoms with Crippen LogP contribution in [0.2, 0.25) is 0 Å². The lowest BCUT2D eigenvalue weighted by Crippen LogP contribution is -2.61. The van der Waals surface area contributed by atoms with Crippen LogP contribution in [0.3, 0.4) is 0 Å². The maximum atomic E-state index is 7.54. The van der Waals surface area contributed by atoms with E-state index in [9.17, 15) is 0 Å². The van der Waals surface area contributed by atoms with Crippen molar-refractivity contribution in [3.05, 3.63) is 209 Å². The van der Waals surface area contributed by atoms with E-state index in [1.807, 2.05) is 0 Å². The van der Waals surface area contributed by atoms with Crippen LogP contribution < -0.4 is 26.0 Å². The van der Waals surface area contributed by atoms with E-state index in [4.69, 9.17) is 4.74 Å². The van der Waals surface area contributed by atoms with Crippen molar-refractivity contribution in [2.45, 2.75) is 117 Å². The van der Waals surface area contributed by atoms with E-state index in [0.29, 0.717) is 0 Å². The average Bonchev–Trinajstić information content (AvgIpc) is 3.81. The number of hydrogen-bond acceptors (Lipinski definition) is 2. The number of rotatable bonds is 1. The molecule has 10 aromatic rings. The highest BCUT2D eigenvalue weighted by Crippen LogP contribution is 2.60. The fourth-order valence-corrected chi connectivity index (χ4v) is 13.5. The summed E-state index contributed by atoms with van der Waals surface area (Å²) in [4.78, 5) is 2.66. The molecule has 0 saturated carbocycles. The quantitative estimate of drug-likeness (QED) is 0.153. The van der Waals surface area contributed by atoms with Gasteiger partial charge < -0.3 is 14.2 Å². The Kier molecular flexibility index (Phi) is 9.59. The Morgan fingerprint density at radius 3 is 1.64 bits per heavy atom. The molecular weight excluding hydrogens is 920 g/mol. The van der Waals surface area contributed by atoms with Crippen molar-refractivity contribution in [3.8, 4) is 50.6 Å². The standard InChI is InChI=1S/C72H67BN2O/c1-68(2,3)47-25-21-42(22-26-47)44-35-45-37-46(36-44)52-18-16-19-54-53-17-14-15-20-58(53)74(66(52)54)61-41-63-65-67-64(61)72(13,48-27-23-43(45)24-28-48)55-38-49(69(4,5)6)29-32-59(55)75(67)60-33-30-50(70(7,8)9)39-56(60)73(65)57-40-51(71(10,11)12)31-34-62(57)76-63/h14-41H,1-13H3. The van der Waals surface area contributed by atoms with Gasteiger partial charge in [0.25, 0.3) is 6.71 Å². The normalized spacial score (nSPS) is 16.1. The second-order valence-corrected chi connectivity index (χ2v) is 26.8. The summed E-state index contributed by atoms with van der Waals surface area (Å²) in [6.07, 6.45) is 0. The molecule has 9 aromatic carbocycles. The zero-order valence-electron chi connectivity index (χ0n) is 46.5. The Bertz CT molecular complexity index is 4120. The first kappa shape index (κ1) is 46.9. The summed E-state index contributed by atoms with van der Waals surface area (Å²) >= 11 is 0. The minimum atomic E-state index is -0.647. The minimum absolute atomic E-state index is 0.0571. The molecule has 374 valence electrons. The number of ether oxygens (including phenoxy) is 1. The van der Waals surface area contributed by atoms with Crippen molar-refractivity contribution in [3.63, 3.8) is 0 Å². The molecule has 0 radical (unpaired) electrons. The van der Waals surface area contributed by atoms with Crippen molar-refractivity contribution in [1.82, 2.24) is 4.57 Å². The molecule has 1 aromatic heterocycles. The monoisotopic (exact) mass is 987 g/mol. The molecule has 0 amide bonds. The van der Waals surface area contributed by atoms with E-state index in [0.717, 1.165) is 17.2 Å². The molecule has 1 unspecified atom stereocenters. The number of nitrogens with zero attached hydrogens (tertiary/aromatic N) is 2. The third-order valence-electron chi connectivity index (χ3n) is 17.8. The maximum Gasteiger partial charge on any atom is 0.256 e. The minimum Gasteiger partial charge on any atom is -0.458 e. The Hall–Kier alpha value is -7.56. The molecule has 6 heterocycles. The summed E-state index contributed by atoms with van der Waals surface area (Å²) in [5, 5.41) is 2.46. The molecule has 4 bridgehead atoms. The van der Waals surface area contributed by atoms with Crippen LogP contribution in [0, 0.1) is 0 Å². The van der Waals surface area contributed by atoms with Gasteiger partial charge in [0.05, 0.1) is 28.1 Å². The van der Waals surface area contributed by atoms with Crippen LogP contribution in [0.15, 0.2) is 170 Å². The Morgan fingerprint density at radius 1 is 0.434 bits per heavy atom. The highest BCUT2D eigenvalue weighted by atomic mass is 16.5. The summed E-state index contributed by atoms with van der Waals surface area (Å²) < 4.78 is 10.2. The smallest absolute Gasteiger partial charge is 0.256 e. The van der Waals surface area contributed by atoms with Gasteiger partial charge in [-0.05, 0) is 149 Å². The van der Waals surface area contributed by atoms with Crippen LogP contribution in [0.5, 0.6) is 11.5 Å². The van der Waals surface area contributed by atoms with Gasteiger partial charge >= 0.3 is 0 Å². The zero-order chi connectivity index (χ0) is 52.7. The number of benzene rings is 9. The molecule has 4 heteroatoms. The molecule has 0 spiro atoms. The van der Waals surface area contributed by atoms with Crippen molar-refractivity contribution in [2.75, 3.05) is 4.90 Å². The summed E-state index contributed by atoms with van der Waals surface area (Å²) in [6, 6.07) is 66.4. The summed E-state index contributed by atoms with van der Waals surface area (Å²) in [7, 11) is 0. The van der Waals surface area contributed by atoms with Crippen molar-refractivity contribution in [1.29, 1.82) is 0 Å². The van der Waals surface area contributed by atoms with Gasteiger partial charge in [-0.2, -0.15) is 0 Å². The Labute approximate surface area is 450 Å². The Balaban J connectivity index is 1.18. The first-order valence-electron chi connectivity index (χ1n) is 27.6. The maximum absolute atomic E-state index is 7.54. The number of fused-ring (bicyclic) bond motifs is 11. The molecule has 0 fully saturated rings. The van der Waals surface area contributed by atoms with Gasteiger partial charge in [-0.25, -0.2) is 0 Å². The largest absolute Gasteiger partial charge is 0.458 e. The highest BCUT2D eigenvalue weighted by molar-refractivity contribution is 6.99. The third-order valence-corrected chi connectivity index (χ3v) is 17.8. The van der Waals surface area contributed by atoms with E-state index in [1.165, 1.54) is 128 Å². The first-order chi connectivity index (χ1) is 36.1. The molecule has 76 heavy (non-hydrogen) atoms. The topological polar surface area (TPSA) is 17.4 Å². The zero-order valence-corrected chi connectivity index (χ0v) is 46.5. The van der Waals surface area contributed by atoms with E-state index in [2.05, 4.69) is 269 Å². The molecular formula is C72H67BN2O. The van der Waals surface area contributed by atoms with Gasteiger partial charge in [-0.3, -0.25) is 0 Å². The van der Waals surface area contributed by atoms with E-state index in [1.54, 1.807) is 0 Å². The van der Waals surface area contributed by atoms with Gasteiger partial charge in [0.15, 0.2) is 0 Å². The molecule has 0 saturated heterocycles. The van der Waals surface area contributed by atoms with Crippen molar-refractivity contribution < 1.29 is 4.74 Å². The van der Waals surface area contributed by atoms with Gasteiger partial charge in [0, 0.05) is 39.1 Å². The SMILES string of the molecule is CC(C)(C)c1ccc(-c2cc3cc(c2)-c2cccc4c5ccccc5n(c24)-c2cc4c5c6c2C(C)(c2ccc-3cc2)c2cc(C(C)(C)C)ccc2N6c2ccc(C(C)(C)C)cc2B5c2cc(C(C)(C)C)ccc2O4)cc1. The predicted octanol–water partition coefficient (Wildman–Crippen LogP) is 17.4. The average molecular weight is 987 g/mol. The molecule has 5 aliphatic heterocycles. The van der Waals surface area contributed by atoms with Crippen LogP contribution in [-0.2, 0) is 27.1 Å². The van der Waals surface area contributed by atoms with Crippen LogP contribution in [0.4, 0.5) is 17.1 Å². The molecule has 5 aliphatic rings. The highest BCUT2D eigenvalue weighted by Gasteiger charge is 2.52. The van der Waals surface area contributed by atoms with E-state index in [-0.39, 0.29) is 28.4 Å². The first-order valence-corrected chi connectivity index (χ1v) is 27.6. The molecule has 0 aliphatic carbocycles. The fourth-order valence-electron chi connectivity index (χ4n) is 13.5. The van der Waals surface area contributed by atoms with Crippen LogP contribution in [-0.4, -0.2) is 11.3 Å². The van der Waals surface area contributed by atoms with Gasteiger partial charge in [-0.15, -0.1) is 0 Å². The van der Waals surface area contributed by atoms with Crippen molar-refractivity contribution in [2.24, 2.45) is 0 Å². The fraction of sp³-hybridized carbons (Fsp3) is 0.250. The summed E-state index contributed by atoms with van der Waals surface area (Å²) in [5.74, 6) is 1.84. The van der Waals surface area contributed by atoms with E-state index >= 15 is 0 Å². The Morgan fingerprint density at radius 2 is 0.987 bits per heavy atom. The number of para-hydroxylation sites is 2. The number of hydrogen-bond donors (Lipinski definition) is 0. The van der Waals surface area contributed by atoms with E-state index < -0.39 is 5.41 Å². The molecule has 3 nitrogen and oxygen atoms in total. The number of anilines is 3.